The summed E-state index contributed by atoms with van der Waals surface area (Å²) in [6, 6.07) is 1.22. The second kappa shape index (κ2) is 8.93. The van der Waals surface area contributed by atoms with Crippen LogP contribution >= 0.6 is 0 Å². The van der Waals surface area contributed by atoms with Gasteiger partial charge in [0.15, 0.2) is 0 Å². The van der Waals surface area contributed by atoms with Gasteiger partial charge >= 0.3 is 0 Å². The minimum atomic E-state index is -0.588. The van der Waals surface area contributed by atoms with Gasteiger partial charge in [0.25, 0.3) is 5.91 Å². The van der Waals surface area contributed by atoms with Crippen LogP contribution in [0.2, 0.25) is 0 Å². The maximum Gasteiger partial charge on any atom is 0.271 e. The van der Waals surface area contributed by atoms with Gasteiger partial charge in [-0.25, -0.2) is 4.98 Å². The van der Waals surface area contributed by atoms with Gasteiger partial charge in [0.05, 0.1) is 18.3 Å². The molecule has 0 aliphatic carbocycles. The first kappa shape index (κ1) is 17.8. The highest BCUT2D eigenvalue weighted by molar-refractivity contribution is 5.91. The van der Waals surface area contributed by atoms with Crippen molar-refractivity contribution in [1.82, 2.24) is 20.2 Å². The average molecular weight is 330 g/mol. The van der Waals surface area contributed by atoms with Gasteiger partial charge in [0, 0.05) is 25.5 Å². The lowest BCUT2D eigenvalue weighted by Crippen LogP contribution is -2.45. The standard InChI is InChI=1S/C16H22N6O2/c17-10-12-4-3-9-22(12)16(24)13(18)5-1-2-6-21-15(23)14-11-19-7-8-20-14/h7-8,11-13H,1-6,9,18H2,(H,21,23)/t12-,13-/m0/s1. The molecule has 1 saturated heterocycles. The van der Waals surface area contributed by atoms with Gasteiger partial charge in [0.2, 0.25) is 5.91 Å². The van der Waals surface area contributed by atoms with E-state index in [1.165, 1.54) is 18.6 Å². The second-order valence-electron chi connectivity index (χ2n) is 5.77. The first-order chi connectivity index (χ1) is 11.6. The molecule has 8 nitrogen and oxygen atoms in total. The van der Waals surface area contributed by atoms with Crippen molar-refractivity contribution >= 4 is 11.8 Å². The Morgan fingerprint density at radius 3 is 3.00 bits per heavy atom. The van der Waals surface area contributed by atoms with Crippen molar-refractivity contribution in [2.45, 2.75) is 44.2 Å². The molecule has 0 spiro atoms. The van der Waals surface area contributed by atoms with Crippen molar-refractivity contribution in [2.24, 2.45) is 5.73 Å². The zero-order valence-electron chi connectivity index (χ0n) is 13.5. The Bertz CT molecular complexity index is 600. The minimum absolute atomic E-state index is 0.150. The molecule has 24 heavy (non-hydrogen) atoms. The Morgan fingerprint density at radius 1 is 1.46 bits per heavy atom. The molecule has 1 aromatic heterocycles. The van der Waals surface area contributed by atoms with Gasteiger partial charge in [-0.3, -0.25) is 14.6 Å². The van der Waals surface area contributed by atoms with E-state index in [-0.39, 0.29) is 23.6 Å². The largest absolute Gasteiger partial charge is 0.351 e. The summed E-state index contributed by atoms with van der Waals surface area (Å²) in [5.74, 6) is -0.417. The van der Waals surface area contributed by atoms with E-state index in [0.29, 0.717) is 25.9 Å². The summed E-state index contributed by atoms with van der Waals surface area (Å²) in [5.41, 5.74) is 6.22. The summed E-state index contributed by atoms with van der Waals surface area (Å²) < 4.78 is 0. The molecule has 1 aromatic rings. The Balaban J connectivity index is 1.64. The fraction of sp³-hybridized carbons (Fsp3) is 0.562. The number of carbonyl (C=O) groups is 2. The number of hydrogen-bond donors (Lipinski definition) is 2. The number of unbranched alkanes of at least 4 members (excludes halogenated alkanes) is 1. The molecule has 8 heteroatoms. The number of rotatable bonds is 7. The Labute approximate surface area is 141 Å². The molecular formula is C16H22N6O2. The first-order valence-electron chi connectivity index (χ1n) is 8.13. The van der Waals surface area contributed by atoms with Crippen molar-refractivity contribution in [3.05, 3.63) is 24.3 Å². The van der Waals surface area contributed by atoms with Crippen molar-refractivity contribution in [1.29, 1.82) is 5.26 Å². The topological polar surface area (TPSA) is 125 Å². The summed E-state index contributed by atoms with van der Waals surface area (Å²) in [7, 11) is 0. The maximum absolute atomic E-state index is 12.2. The zero-order valence-corrected chi connectivity index (χ0v) is 13.5. The predicted molar refractivity (Wildman–Crippen MR) is 86.5 cm³/mol. The molecule has 2 heterocycles. The molecule has 1 aliphatic heterocycles. The second-order valence-corrected chi connectivity index (χ2v) is 5.77. The Hall–Kier alpha value is -2.53. The lowest BCUT2D eigenvalue weighted by Gasteiger charge is -2.23. The molecular weight excluding hydrogens is 308 g/mol. The van der Waals surface area contributed by atoms with Crippen molar-refractivity contribution in [3.8, 4) is 6.07 Å². The third-order valence-corrected chi connectivity index (χ3v) is 4.03. The van der Waals surface area contributed by atoms with Crippen LogP contribution < -0.4 is 11.1 Å². The fourth-order valence-corrected chi connectivity index (χ4v) is 2.70. The molecule has 1 fully saturated rings. The molecule has 2 atom stereocenters. The molecule has 0 unspecified atom stereocenters. The van der Waals surface area contributed by atoms with Gasteiger partial charge in [0.1, 0.15) is 11.7 Å². The Kier molecular flexibility index (Phi) is 6.63. The van der Waals surface area contributed by atoms with Crippen LogP contribution in [0, 0.1) is 11.3 Å². The smallest absolute Gasteiger partial charge is 0.271 e. The van der Waals surface area contributed by atoms with Crippen LogP contribution in [0.25, 0.3) is 0 Å². The van der Waals surface area contributed by atoms with Crippen LogP contribution in [-0.4, -0.2) is 51.9 Å². The molecule has 0 aromatic carbocycles. The number of nitriles is 1. The number of amides is 2. The van der Waals surface area contributed by atoms with E-state index in [4.69, 9.17) is 11.0 Å². The van der Waals surface area contributed by atoms with Crippen LogP contribution in [-0.2, 0) is 4.79 Å². The molecule has 1 aliphatic rings. The zero-order chi connectivity index (χ0) is 17.4. The molecule has 0 radical (unpaired) electrons. The van der Waals surface area contributed by atoms with Gasteiger partial charge in [-0.05, 0) is 32.1 Å². The quantitative estimate of drug-likeness (QED) is 0.689. The lowest BCUT2D eigenvalue weighted by atomic mass is 10.1. The minimum Gasteiger partial charge on any atom is -0.351 e. The number of likely N-dealkylation sites (tertiary alicyclic amines) is 1. The number of nitrogens with zero attached hydrogens (tertiary/aromatic N) is 4. The molecule has 3 N–H and O–H groups in total. The molecule has 0 bridgehead atoms. The van der Waals surface area contributed by atoms with E-state index >= 15 is 0 Å². The van der Waals surface area contributed by atoms with E-state index in [9.17, 15) is 9.59 Å². The normalized spacial score (nSPS) is 18.0. The number of aromatic nitrogens is 2. The molecule has 128 valence electrons. The summed E-state index contributed by atoms with van der Waals surface area (Å²) in [4.78, 5) is 33.3. The Morgan fingerprint density at radius 2 is 2.29 bits per heavy atom. The first-order valence-corrected chi connectivity index (χ1v) is 8.13. The summed E-state index contributed by atoms with van der Waals surface area (Å²) >= 11 is 0. The van der Waals surface area contributed by atoms with Gasteiger partial charge in [-0.2, -0.15) is 5.26 Å². The average Bonchev–Trinajstić information content (AvgIpc) is 3.09. The van der Waals surface area contributed by atoms with Crippen LogP contribution in [0.4, 0.5) is 0 Å². The SMILES string of the molecule is N#C[C@@H]1CCCN1C(=O)[C@@H](N)CCCCNC(=O)c1cnccn1. The predicted octanol–water partition coefficient (Wildman–Crippen LogP) is 0.219. The monoisotopic (exact) mass is 330 g/mol. The van der Waals surface area contributed by atoms with E-state index in [1.54, 1.807) is 4.90 Å². The summed E-state index contributed by atoms with van der Waals surface area (Å²) in [5, 5.41) is 11.8. The van der Waals surface area contributed by atoms with Crippen LogP contribution in [0.15, 0.2) is 18.6 Å². The number of nitrogens with one attached hydrogen (secondary N) is 1. The summed E-state index contributed by atoms with van der Waals surface area (Å²) in [6.07, 6.45) is 7.93. The summed E-state index contributed by atoms with van der Waals surface area (Å²) in [6.45, 7) is 1.10. The van der Waals surface area contributed by atoms with Gasteiger partial charge < -0.3 is 16.0 Å². The number of carbonyl (C=O) groups excluding carboxylic acids is 2. The highest BCUT2D eigenvalue weighted by atomic mass is 16.2. The fourth-order valence-electron chi connectivity index (χ4n) is 2.70. The van der Waals surface area contributed by atoms with Gasteiger partial charge in [-0.15, -0.1) is 0 Å². The third kappa shape index (κ3) is 4.73. The lowest BCUT2D eigenvalue weighted by molar-refractivity contribution is -0.132. The highest BCUT2D eigenvalue weighted by Gasteiger charge is 2.31. The molecule has 2 rings (SSSR count). The van der Waals surface area contributed by atoms with Crippen molar-refractivity contribution in [3.63, 3.8) is 0 Å². The van der Waals surface area contributed by atoms with E-state index < -0.39 is 6.04 Å². The van der Waals surface area contributed by atoms with E-state index in [2.05, 4.69) is 21.4 Å². The third-order valence-electron chi connectivity index (χ3n) is 4.03. The van der Waals surface area contributed by atoms with Crippen LogP contribution in [0.1, 0.15) is 42.6 Å². The molecule has 0 saturated carbocycles. The van der Waals surface area contributed by atoms with Crippen LogP contribution in [0.3, 0.4) is 0 Å². The highest BCUT2D eigenvalue weighted by Crippen LogP contribution is 2.18. The number of nitrogens with two attached hydrogens (primary N) is 1. The molecule has 2 amide bonds. The number of hydrogen-bond acceptors (Lipinski definition) is 6. The van der Waals surface area contributed by atoms with Crippen molar-refractivity contribution in [2.75, 3.05) is 13.1 Å². The van der Waals surface area contributed by atoms with Gasteiger partial charge in [-0.1, -0.05) is 0 Å². The van der Waals surface area contributed by atoms with Crippen LogP contribution in [0.5, 0.6) is 0 Å². The van der Waals surface area contributed by atoms with E-state index in [1.807, 2.05) is 0 Å². The van der Waals surface area contributed by atoms with Crippen molar-refractivity contribution < 1.29 is 9.59 Å². The van der Waals surface area contributed by atoms with E-state index in [0.717, 1.165) is 19.3 Å². The maximum atomic E-state index is 12.2.